The third kappa shape index (κ3) is 1.63. The molecule has 2 heterocycles. The van der Waals surface area contributed by atoms with Crippen molar-refractivity contribution in [2.75, 3.05) is 0 Å². The molecule has 0 saturated carbocycles. The molecule has 0 saturated heterocycles. The first-order chi connectivity index (χ1) is 10.7. The third-order valence-corrected chi connectivity index (χ3v) is 6.74. The van der Waals surface area contributed by atoms with Crippen LogP contribution in [0.3, 0.4) is 0 Å². The Labute approximate surface area is 137 Å². The van der Waals surface area contributed by atoms with E-state index < -0.39 is 0 Å². The molecule has 0 amide bonds. The number of aromatic hydroxyl groups is 1. The van der Waals surface area contributed by atoms with Crippen LogP contribution in [0.5, 0.6) is 5.75 Å². The first-order valence-corrected chi connectivity index (χ1v) is 8.61. The fourth-order valence-corrected chi connectivity index (χ4v) is 4.86. The second-order valence-electron chi connectivity index (χ2n) is 8.43. The van der Waals surface area contributed by atoms with Gasteiger partial charge in [0.05, 0.1) is 5.52 Å². The van der Waals surface area contributed by atoms with Crippen molar-refractivity contribution in [2.45, 2.75) is 64.7 Å². The van der Waals surface area contributed by atoms with Crippen LogP contribution >= 0.6 is 0 Å². The molecule has 1 N–H and O–H groups in total. The summed E-state index contributed by atoms with van der Waals surface area (Å²) in [5.74, 6) is 0.964. The molecule has 0 spiro atoms. The first kappa shape index (κ1) is 14.8. The van der Waals surface area contributed by atoms with Crippen LogP contribution in [0, 0.1) is 12.8 Å². The Bertz CT molecular complexity index is 860. The van der Waals surface area contributed by atoms with Crippen LogP contribution in [-0.4, -0.2) is 15.6 Å². The van der Waals surface area contributed by atoms with Crippen LogP contribution < -0.4 is 0 Å². The molecular weight excluding hydrogens is 286 g/mol. The van der Waals surface area contributed by atoms with Crippen LogP contribution in [0.2, 0.25) is 0 Å². The van der Waals surface area contributed by atoms with Gasteiger partial charge >= 0.3 is 0 Å². The molecule has 1 aromatic heterocycles. The van der Waals surface area contributed by atoms with Gasteiger partial charge < -0.3 is 5.11 Å². The predicted octanol–water partition coefficient (Wildman–Crippen LogP) is 4.66. The summed E-state index contributed by atoms with van der Waals surface area (Å²) in [6.07, 6.45) is 4.56. The van der Waals surface area contributed by atoms with Gasteiger partial charge in [-0.1, -0.05) is 27.7 Å². The second kappa shape index (κ2) is 4.19. The number of benzene rings is 1. The number of hydrogen-bond acceptors (Lipinski definition) is 2. The smallest absolute Gasteiger partial charge is 0.231 e. The van der Waals surface area contributed by atoms with Gasteiger partial charge in [-0.3, -0.25) is 9.36 Å². The summed E-state index contributed by atoms with van der Waals surface area (Å²) in [6, 6.07) is 1.99. The van der Waals surface area contributed by atoms with Gasteiger partial charge in [-0.15, -0.1) is 0 Å². The van der Waals surface area contributed by atoms with Gasteiger partial charge in [0.1, 0.15) is 5.75 Å². The van der Waals surface area contributed by atoms with Gasteiger partial charge in [0, 0.05) is 23.4 Å². The lowest BCUT2D eigenvalue weighted by Crippen LogP contribution is -2.44. The standard InChI is InChI=1S/C20H25NO2/c1-11(2)20(5)7-6-19(4)9-15(23)21-10-12(3)16-14(22)8-13(20)17(19)18(16)21/h8,10-11,22H,6-7,9H2,1-5H3/t19-,20-/m1/s1. The van der Waals surface area contributed by atoms with E-state index in [1.54, 1.807) is 4.57 Å². The average Bonchev–Trinajstić information content (AvgIpc) is 2.81. The second-order valence-corrected chi connectivity index (χ2v) is 8.43. The molecule has 4 rings (SSSR count). The Hall–Kier alpha value is -1.77. The summed E-state index contributed by atoms with van der Waals surface area (Å²) in [4.78, 5) is 12.7. The van der Waals surface area contributed by atoms with Gasteiger partial charge in [-0.25, -0.2) is 0 Å². The molecule has 0 bridgehead atoms. The van der Waals surface area contributed by atoms with Crippen LogP contribution in [0.4, 0.5) is 0 Å². The molecule has 2 atom stereocenters. The number of hydrogen-bond donors (Lipinski definition) is 1. The van der Waals surface area contributed by atoms with Gasteiger partial charge in [0.15, 0.2) is 0 Å². The fourth-order valence-electron chi connectivity index (χ4n) is 4.86. The van der Waals surface area contributed by atoms with Crippen LogP contribution in [0.25, 0.3) is 10.9 Å². The monoisotopic (exact) mass is 311 g/mol. The Morgan fingerprint density at radius 2 is 1.96 bits per heavy atom. The number of phenolic OH excluding ortho intramolecular Hbond substituents is 1. The van der Waals surface area contributed by atoms with Crippen molar-refractivity contribution in [3.05, 3.63) is 29.0 Å². The van der Waals surface area contributed by atoms with E-state index in [9.17, 15) is 9.90 Å². The lowest BCUT2D eigenvalue weighted by Gasteiger charge is -2.49. The SMILES string of the molecule is Cc1cn2c3c4c(cc(O)c13)[C@@](C)(C(C)C)CC[C@]4(C)CC2=O. The van der Waals surface area contributed by atoms with Crippen molar-refractivity contribution in [1.82, 2.24) is 4.57 Å². The van der Waals surface area contributed by atoms with Crippen molar-refractivity contribution in [3.63, 3.8) is 0 Å². The van der Waals surface area contributed by atoms with E-state index in [0.717, 1.165) is 29.3 Å². The highest BCUT2D eigenvalue weighted by atomic mass is 16.3. The highest BCUT2D eigenvalue weighted by molar-refractivity contribution is 6.03. The summed E-state index contributed by atoms with van der Waals surface area (Å²) in [7, 11) is 0. The van der Waals surface area contributed by atoms with Crippen LogP contribution in [-0.2, 0) is 10.8 Å². The fraction of sp³-hybridized carbons (Fsp3) is 0.550. The molecule has 0 fully saturated rings. The minimum Gasteiger partial charge on any atom is -0.507 e. The van der Waals surface area contributed by atoms with Gasteiger partial charge in [0.25, 0.3) is 0 Å². The van der Waals surface area contributed by atoms with E-state index in [0.29, 0.717) is 18.1 Å². The molecular formula is C20H25NO2. The summed E-state index contributed by atoms with van der Waals surface area (Å²) >= 11 is 0. The molecule has 2 aromatic rings. The van der Waals surface area contributed by atoms with Crippen molar-refractivity contribution in [2.24, 2.45) is 5.92 Å². The number of aromatic nitrogens is 1. The zero-order valence-corrected chi connectivity index (χ0v) is 14.7. The molecule has 122 valence electrons. The molecule has 23 heavy (non-hydrogen) atoms. The summed E-state index contributed by atoms with van der Waals surface area (Å²) in [5.41, 5.74) is 4.44. The van der Waals surface area contributed by atoms with E-state index in [1.165, 1.54) is 11.1 Å². The van der Waals surface area contributed by atoms with Gasteiger partial charge in [-0.2, -0.15) is 0 Å². The van der Waals surface area contributed by atoms with Crippen molar-refractivity contribution < 1.29 is 9.90 Å². The molecule has 1 aromatic carbocycles. The molecule has 0 radical (unpaired) electrons. The predicted molar refractivity (Wildman–Crippen MR) is 92.4 cm³/mol. The highest BCUT2D eigenvalue weighted by Gasteiger charge is 2.48. The molecule has 2 aliphatic rings. The van der Waals surface area contributed by atoms with Crippen molar-refractivity contribution in [3.8, 4) is 5.75 Å². The number of carbonyl (C=O) groups excluding carboxylic acids is 1. The van der Waals surface area contributed by atoms with E-state index >= 15 is 0 Å². The van der Waals surface area contributed by atoms with Crippen LogP contribution in [0.1, 0.15) is 68.4 Å². The van der Waals surface area contributed by atoms with Gasteiger partial charge in [0.2, 0.25) is 5.91 Å². The molecule has 1 aliphatic heterocycles. The first-order valence-electron chi connectivity index (χ1n) is 8.61. The average molecular weight is 311 g/mol. The maximum atomic E-state index is 12.7. The normalized spacial score (nSPS) is 29.6. The van der Waals surface area contributed by atoms with E-state index in [1.807, 2.05) is 19.2 Å². The highest BCUT2D eigenvalue weighted by Crippen LogP contribution is 2.56. The van der Waals surface area contributed by atoms with E-state index in [-0.39, 0.29) is 16.7 Å². The lowest BCUT2D eigenvalue weighted by molar-refractivity contribution is 0.0847. The zero-order valence-electron chi connectivity index (χ0n) is 14.7. The number of phenols is 1. The number of carbonyl (C=O) groups is 1. The number of nitrogens with zero attached hydrogens (tertiary/aromatic N) is 1. The summed E-state index contributed by atoms with van der Waals surface area (Å²) < 4.78 is 1.79. The molecule has 3 nitrogen and oxygen atoms in total. The zero-order chi connectivity index (χ0) is 16.7. The third-order valence-electron chi connectivity index (χ3n) is 6.74. The Balaban J connectivity index is 2.22. The number of rotatable bonds is 1. The van der Waals surface area contributed by atoms with Gasteiger partial charge in [-0.05, 0) is 53.9 Å². The molecule has 3 heteroatoms. The van der Waals surface area contributed by atoms with Crippen molar-refractivity contribution in [1.29, 1.82) is 0 Å². The Morgan fingerprint density at radius 3 is 2.61 bits per heavy atom. The summed E-state index contributed by atoms with van der Waals surface area (Å²) in [5, 5.41) is 11.5. The maximum Gasteiger partial charge on any atom is 0.231 e. The van der Waals surface area contributed by atoms with Crippen LogP contribution in [0.15, 0.2) is 12.3 Å². The largest absolute Gasteiger partial charge is 0.507 e. The quantitative estimate of drug-likeness (QED) is 0.832. The number of aryl methyl sites for hydroxylation is 1. The molecule has 1 aliphatic carbocycles. The minimum atomic E-state index is -0.104. The van der Waals surface area contributed by atoms with E-state index in [4.69, 9.17) is 0 Å². The maximum absolute atomic E-state index is 12.7. The van der Waals surface area contributed by atoms with E-state index in [2.05, 4.69) is 27.7 Å². The lowest BCUT2D eigenvalue weighted by atomic mass is 9.56. The Morgan fingerprint density at radius 1 is 1.26 bits per heavy atom. The minimum absolute atomic E-state index is 0.0455. The Kier molecular flexibility index (Phi) is 2.70. The van der Waals surface area contributed by atoms with Crippen molar-refractivity contribution >= 4 is 16.8 Å². The molecule has 0 unspecified atom stereocenters. The topological polar surface area (TPSA) is 42.2 Å². The summed E-state index contributed by atoms with van der Waals surface area (Å²) in [6.45, 7) is 11.0.